The van der Waals surface area contributed by atoms with Gasteiger partial charge in [-0.25, -0.2) is 9.37 Å². The van der Waals surface area contributed by atoms with Gasteiger partial charge >= 0.3 is 0 Å². The van der Waals surface area contributed by atoms with E-state index in [1.807, 2.05) is 24.3 Å². The van der Waals surface area contributed by atoms with Crippen LogP contribution < -0.4 is 19.8 Å². The van der Waals surface area contributed by atoms with Crippen LogP contribution in [-0.2, 0) is 6.54 Å². The average Bonchev–Trinajstić information content (AvgIpc) is 2.91. The van der Waals surface area contributed by atoms with E-state index in [0.717, 1.165) is 42.9 Å². The maximum atomic E-state index is 14.6. The number of pyridine rings is 2. The second-order valence-electron chi connectivity index (χ2n) is 9.06. The smallest absolute Gasteiger partial charge is 0.275 e. The highest BCUT2D eigenvalue weighted by Gasteiger charge is 2.30. The summed E-state index contributed by atoms with van der Waals surface area (Å²) in [5.41, 5.74) is 0.538. The van der Waals surface area contributed by atoms with Crippen LogP contribution in [0.3, 0.4) is 0 Å². The van der Waals surface area contributed by atoms with Crippen LogP contribution in [0.5, 0.6) is 17.4 Å². The van der Waals surface area contributed by atoms with Gasteiger partial charge in [-0.3, -0.25) is 9.59 Å². The zero-order valence-corrected chi connectivity index (χ0v) is 20.4. The van der Waals surface area contributed by atoms with Crippen molar-refractivity contribution in [1.29, 1.82) is 0 Å². The summed E-state index contributed by atoms with van der Waals surface area (Å²) in [6.45, 7) is 3.42. The number of methoxy groups -OCH3 is 1. The highest BCUT2D eigenvalue weighted by atomic mass is 19.1. The molecule has 3 aromatic rings. The van der Waals surface area contributed by atoms with Crippen molar-refractivity contribution in [3.05, 3.63) is 58.3 Å². The first kappa shape index (κ1) is 24.1. The highest BCUT2D eigenvalue weighted by Crippen LogP contribution is 2.30. The van der Waals surface area contributed by atoms with E-state index in [2.05, 4.69) is 9.88 Å². The Morgan fingerprint density at radius 3 is 2.67 bits per heavy atom. The number of carbonyl (C=O) groups is 1. The van der Waals surface area contributed by atoms with Gasteiger partial charge in [-0.2, -0.15) is 0 Å². The molecule has 9 nitrogen and oxygen atoms in total. The van der Waals surface area contributed by atoms with Crippen LogP contribution in [0.2, 0.25) is 0 Å². The van der Waals surface area contributed by atoms with Gasteiger partial charge in [-0.1, -0.05) is 0 Å². The van der Waals surface area contributed by atoms with E-state index in [1.54, 1.807) is 29.7 Å². The molecule has 36 heavy (non-hydrogen) atoms. The van der Waals surface area contributed by atoms with Crippen molar-refractivity contribution in [3.8, 4) is 17.4 Å². The first-order chi connectivity index (χ1) is 17.4. The minimum Gasteiger partial charge on any atom is -0.497 e. The second kappa shape index (κ2) is 10.1. The number of ether oxygens (including phenoxy) is 3. The van der Waals surface area contributed by atoms with Crippen LogP contribution in [-0.4, -0.2) is 78.3 Å². The summed E-state index contributed by atoms with van der Waals surface area (Å²) in [7, 11) is 3.29. The van der Waals surface area contributed by atoms with E-state index in [0.29, 0.717) is 32.1 Å². The normalized spacial score (nSPS) is 16.2. The Morgan fingerprint density at radius 2 is 1.89 bits per heavy atom. The van der Waals surface area contributed by atoms with Gasteiger partial charge in [0, 0.05) is 57.5 Å². The van der Waals surface area contributed by atoms with Crippen LogP contribution in [0.15, 0.2) is 41.2 Å². The Labute approximate surface area is 208 Å². The van der Waals surface area contributed by atoms with Crippen LogP contribution in [0, 0.1) is 5.82 Å². The van der Waals surface area contributed by atoms with Crippen molar-refractivity contribution in [1.82, 2.24) is 19.4 Å². The summed E-state index contributed by atoms with van der Waals surface area (Å²) < 4.78 is 32.4. The van der Waals surface area contributed by atoms with Crippen LogP contribution in [0.4, 0.5) is 4.39 Å². The molecule has 1 amide bonds. The van der Waals surface area contributed by atoms with Gasteiger partial charge in [0.2, 0.25) is 0 Å². The summed E-state index contributed by atoms with van der Waals surface area (Å²) >= 11 is 0. The Kier molecular flexibility index (Phi) is 6.77. The largest absolute Gasteiger partial charge is 0.497 e. The highest BCUT2D eigenvalue weighted by molar-refractivity contribution is 5.93. The standard InChI is InChI=1S/C26H29FN4O5/c1-29(26(33)24-20(27)16-22-25(28-24)36-14-13-35-22)18-7-9-30(10-8-18)11-12-31-21-15-19(34-2)5-3-17(21)4-6-23(31)32/h3-6,15-16,18H,7-14H2,1-2H3. The number of hydrogen-bond donors (Lipinski definition) is 0. The Hall–Kier alpha value is -3.66. The maximum Gasteiger partial charge on any atom is 0.275 e. The van der Waals surface area contributed by atoms with Gasteiger partial charge in [0.05, 0.1) is 12.6 Å². The fourth-order valence-corrected chi connectivity index (χ4v) is 4.83. The van der Waals surface area contributed by atoms with Gasteiger partial charge in [0.1, 0.15) is 19.0 Å². The van der Waals surface area contributed by atoms with E-state index >= 15 is 0 Å². The zero-order chi connectivity index (χ0) is 25.2. The van der Waals surface area contributed by atoms with Crippen molar-refractivity contribution in [2.45, 2.75) is 25.4 Å². The molecule has 0 atom stereocenters. The first-order valence-electron chi connectivity index (χ1n) is 12.1. The van der Waals surface area contributed by atoms with Crippen LogP contribution >= 0.6 is 0 Å². The molecule has 1 aromatic carbocycles. The molecule has 0 radical (unpaired) electrons. The minimum atomic E-state index is -0.717. The molecule has 0 unspecified atom stereocenters. The molecule has 5 rings (SSSR count). The lowest BCUT2D eigenvalue weighted by Gasteiger charge is -2.36. The summed E-state index contributed by atoms with van der Waals surface area (Å²) in [6, 6.07) is 10.3. The number of hydrogen-bond acceptors (Lipinski definition) is 7. The Bertz CT molecular complexity index is 1340. The summed E-state index contributed by atoms with van der Waals surface area (Å²) in [5, 5.41) is 0.981. The average molecular weight is 497 g/mol. The third-order valence-electron chi connectivity index (χ3n) is 6.96. The third-order valence-corrected chi connectivity index (χ3v) is 6.96. The van der Waals surface area contributed by atoms with Crippen molar-refractivity contribution in [2.24, 2.45) is 0 Å². The number of benzene rings is 1. The molecular weight excluding hydrogens is 467 g/mol. The molecule has 190 valence electrons. The fourth-order valence-electron chi connectivity index (χ4n) is 4.83. The monoisotopic (exact) mass is 496 g/mol. The predicted octanol–water partition coefficient (Wildman–Crippen LogP) is 2.55. The molecule has 0 saturated carbocycles. The molecule has 1 saturated heterocycles. The number of amides is 1. The molecule has 1 fully saturated rings. The van der Waals surface area contributed by atoms with E-state index in [4.69, 9.17) is 14.2 Å². The van der Waals surface area contributed by atoms with Crippen molar-refractivity contribution in [3.63, 3.8) is 0 Å². The van der Waals surface area contributed by atoms with Gasteiger partial charge in [0.25, 0.3) is 17.3 Å². The van der Waals surface area contributed by atoms with Crippen molar-refractivity contribution in [2.75, 3.05) is 47.0 Å². The lowest BCUT2D eigenvalue weighted by molar-refractivity contribution is 0.0626. The second-order valence-corrected chi connectivity index (χ2v) is 9.06. The summed E-state index contributed by atoms with van der Waals surface area (Å²) in [6.07, 6.45) is 1.49. The minimum absolute atomic E-state index is 0.0345. The van der Waals surface area contributed by atoms with Gasteiger partial charge in [-0.15, -0.1) is 0 Å². The number of fused-ring (bicyclic) bond motifs is 2. The number of likely N-dealkylation sites (tertiary alicyclic amines) is 1. The topological polar surface area (TPSA) is 86.1 Å². The van der Waals surface area contributed by atoms with Crippen molar-refractivity contribution >= 4 is 16.8 Å². The third kappa shape index (κ3) is 4.73. The molecular formula is C26H29FN4O5. The number of piperidine rings is 1. The predicted molar refractivity (Wildman–Crippen MR) is 132 cm³/mol. The molecule has 2 aliphatic rings. The molecule has 4 heterocycles. The summed E-state index contributed by atoms with van der Waals surface area (Å²) in [4.78, 5) is 33.5. The molecule has 0 bridgehead atoms. The molecule has 0 N–H and O–H groups in total. The lowest BCUT2D eigenvalue weighted by Crippen LogP contribution is -2.46. The van der Waals surface area contributed by atoms with Crippen molar-refractivity contribution < 1.29 is 23.4 Å². The molecule has 0 aliphatic carbocycles. The number of nitrogens with zero attached hydrogens (tertiary/aromatic N) is 4. The molecule has 10 heteroatoms. The summed E-state index contributed by atoms with van der Waals surface area (Å²) in [5.74, 6) is -0.116. The van der Waals surface area contributed by atoms with Crippen LogP contribution in [0.1, 0.15) is 23.3 Å². The van der Waals surface area contributed by atoms with E-state index in [-0.39, 0.29) is 28.9 Å². The van der Waals surface area contributed by atoms with E-state index in [1.165, 1.54) is 0 Å². The van der Waals surface area contributed by atoms with E-state index in [9.17, 15) is 14.0 Å². The quantitative estimate of drug-likeness (QED) is 0.519. The van der Waals surface area contributed by atoms with Gasteiger partial charge in [0.15, 0.2) is 17.3 Å². The number of aromatic nitrogens is 2. The number of rotatable bonds is 6. The molecule has 2 aromatic heterocycles. The maximum absolute atomic E-state index is 14.6. The van der Waals surface area contributed by atoms with E-state index < -0.39 is 11.7 Å². The lowest BCUT2D eigenvalue weighted by atomic mass is 10.0. The Morgan fingerprint density at radius 1 is 1.14 bits per heavy atom. The molecule has 0 spiro atoms. The van der Waals surface area contributed by atoms with Crippen LogP contribution in [0.25, 0.3) is 10.9 Å². The first-order valence-corrected chi connectivity index (χ1v) is 12.1. The fraction of sp³-hybridized carbons (Fsp3) is 0.423. The van der Waals surface area contributed by atoms with Gasteiger partial charge < -0.3 is 28.6 Å². The number of halogens is 1. The number of carbonyl (C=O) groups excluding carboxylic acids is 1. The molecule has 2 aliphatic heterocycles. The zero-order valence-electron chi connectivity index (χ0n) is 20.4. The Balaban J connectivity index is 1.21. The van der Waals surface area contributed by atoms with Gasteiger partial charge in [-0.05, 0) is 36.4 Å². The SMILES string of the molecule is COc1ccc2ccc(=O)n(CCN3CCC(N(C)C(=O)c4nc5c(cc4F)OCCO5)CC3)c2c1.